The van der Waals surface area contributed by atoms with Crippen LogP contribution in [0.5, 0.6) is 0 Å². The van der Waals surface area contributed by atoms with Crippen molar-refractivity contribution in [2.45, 2.75) is 11.8 Å². The second-order valence-electron chi connectivity index (χ2n) is 3.41. The number of methoxy groups -OCH3 is 1. The summed E-state index contributed by atoms with van der Waals surface area (Å²) in [5, 5.41) is 0. The minimum atomic E-state index is -3.76. The number of carbonyl (C=O) groups excluding carboxylic acids is 1. The van der Waals surface area contributed by atoms with E-state index in [1.54, 1.807) is 4.72 Å². The van der Waals surface area contributed by atoms with Crippen molar-refractivity contribution in [1.82, 2.24) is 9.03 Å². The molecular weight excluding hydrogens is 288 g/mol. The molecule has 2 unspecified atom stereocenters. The molecule has 6 nitrogen and oxygen atoms in total. The maximum Gasteiger partial charge on any atom is 0.421 e. The molecule has 0 aliphatic carbocycles. The van der Waals surface area contributed by atoms with Gasteiger partial charge in [0.2, 0.25) is 0 Å². The second kappa shape index (κ2) is 4.67. The summed E-state index contributed by atoms with van der Waals surface area (Å²) in [5.41, 5.74) is 0. The zero-order valence-corrected chi connectivity index (χ0v) is 10.8. The summed E-state index contributed by atoms with van der Waals surface area (Å²) >= 11 is 3.37. The first-order valence-corrected chi connectivity index (χ1v) is 6.72. The van der Waals surface area contributed by atoms with Gasteiger partial charge in [-0.2, -0.15) is 12.7 Å². The zero-order chi connectivity index (χ0) is 11.6. The molecule has 15 heavy (non-hydrogen) atoms. The number of halogens is 1. The quantitative estimate of drug-likeness (QED) is 0.745. The molecule has 1 N–H and O–H groups in total. The maximum absolute atomic E-state index is 11.6. The van der Waals surface area contributed by atoms with Crippen LogP contribution in [-0.2, 0) is 14.9 Å². The third-order valence-corrected chi connectivity index (χ3v) is 4.82. The van der Waals surface area contributed by atoms with E-state index in [1.165, 1.54) is 4.31 Å². The SMILES string of the molecule is COC(=O)NS(=O)(=O)N1CC(C)C(Br)C1. The second-order valence-corrected chi connectivity index (χ2v) is 6.26. The minimum absolute atomic E-state index is 0.117. The van der Waals surface area contributed by atoms with E-state index in [9.17, 15) is 13.2 Å². The lowest BCUT2D eigenvalue weighted by molar-refractivity contribution is 0.177. The third kappa shape index (κ3) is 3.05. The van der Waals surface area contributed by atoms with Gasteiger partial charge < -0.3 is 4.74 Å². The lowest BCUT2D eigenvalue weighted by atomic mass is 10.2. The lowest BCUT2D eigenvalue weighted by Crippen LogP contribution is -2.42. The summed E-state index contributed by atoms with van der Waals surface area (Å²) in [6, 6.07) is 0. The van der Waals surface area contributed by atoms with Crippen molar-refractivity contribution in [1.29, 1.82) is 0 Å². The van der Waals surface area contributed by atoms with Gasteiger partial charge in [-0.1, -0.05) is 22.9 Å². The highest BCUT2D eigenvalue weighted by atomic mass is 79.9. The van der Waals surface area contributed by atoms with Crippen LogP contribution in [-0.4, -0.2) is 43.8 Å². The number of rotatable bonds is 2. The first kappa shape index (κ1) is 12.7. The Bertz CT molecular complexity index is 335. The number of carbonyl (C=O) groups is 1. The molecule has 1 aliphatic heterocycles. The minimum Gasteiger partial charge on any atom is -0.452 e. The molecule has 1 heterocycles. The molecule has 0 spiro atoms. The fourth-order valence-corrected chi connectivity index (χ4v) is 3.21. The number of alkyl halides is 1. The molecule has 0 saturated carbocycles. The van der Waals surface area contributed by atoms with Crippen molar-refractivity contribution in [2.24, 2.45) is 5.92 Å². The number of nitrogens with zero attached hydrogens (tertiary/aromatic N) is 1. The number of hydrogen-bond donors (Lipinski definition) is 1. The highest BCUT2D eigenvalue weighted by molar-refractivity contribution is 9.09. The van der Waals surface area contributed by atoms with Gasteiger partial charge >= 0.3 is 16.3 Å². The fourth-order valence-electron chi connectivity index (χ4n) is 1.29. The predicted octanol–water partition coefficient (Wildman–Crippen LogP) is 0.302. The van der Waals surface area contributed by atoms with Gasteiger partial charge in [-0.25, -0.2) is 9.52 Å². The maximum atomic E-state index is 11.6. The molecule has 8 heteroatoms. The Morgan fingerprint density at radius 2 is 2.13 bits per heavy atom. The van der Waals surface area contributed by atoms with Crippen LogP contribution in [0.4, 0.5) is 4.79 Å². The Morgan fingerprint density at radius 3 is 2.53 bits per heavy atom. The van der Waals surface area contributed by atoms with Crippen LogP contribution in [0.15, 0.2) is 0 Å². The van der Waals surface area contributed by atoms with Gasteiger partial charge in [0.1, 0.15) is 0 Å². The molecule has 88 valence electrons. The van der Waals surface area contributed by atoms with E-state index in [-0.39, 0.29) is 10.7 Å². The Morgan fingerprint density at radius 1 is 1.53 bits per heavy atom. The molecule has 1 fully saturated rings. The van der Waals surface area contributed by atoms with Crippen molar-refractivity contribution in [3.8, 4) is 0 Å². The summed E-state index contributed by atoms with van der Waals surface area (Å²) in [7, 11) is -2.64. The van der Waals surface area contributed by atoms with Gasteiger partial charge in [0.25, 0.3) is 0 Å². The Balaban J connectivity index is 2.68. The standard InChI is InChI=1S/C7H13BrN2O4S/c1-5-3-10(4-6(5)8)15(12,13)9-7(11)14-2/h5-6H,3-4H2,1-2H3,(H,9,11). The van der Waals surface area contributed by atoms with E-state index in [4.69, 9.17) is 0 Å². The van der Waals surface area contributed by atoms with Crippen molar-refractivity contribution in [3.05, 3.63) is 0 Å². The summed E-state index contributed by atoms with van der Waals surface area (Å²) in [6.45, 7) is 2.68. The van der Waals surface area contributed by atoms with E-state index in [1.807, 2.05) is 6.92 Å². The molecule has 2 atom stereocenters. The average Bonchev–Trinajstić information content (AvgIpc) is 2.47. The van der Waals surface area contributed by atoms with Crippen molar-refractivity contribution < 1.29 is 17.9 Å². The van der Waals surface area contributed by atoms with Gasteiger partial charge in [-0.05, 0) is 5.92 Å². The van der Waals surface area contributed by atoms with Crippen LogP contribution in [0.25, 0.3) is 0 Å². The topological polar surface area (TPSA) is 75.7 Å². The number of ether oxygens (including phenoxy) is 1. The van der Waals surface area contributed by atoms with E-state index >= 15 is 0 Å². The first-order valence-electron chi connectivity index (χ1n) is 4.36. The van der Waals surface area contributed by atoms with Crippen molar-refractivity contribution in [3.63, 3.8) is 0 Å². The molecular formula is C7H13BrN2O4S. The van der Waals surface area contributed by atoms with Crippen LogP contribution in [0.3, 0.4) is 0 Å². The Kier molecular flexibility index (Phi) is 3.96. The third-order valence-electron chi connectivity index (χ3n) is 2.22. The zero-order valence-electron chi connectivity index (χ0n) is 8.44. The normalized spacial score (nSPS) is 27.7. The van der Waals surface area contributed by atoms with Crippen LogP contribution in [0.1, 0.15) is 6.92 Å². The summed E-state index contributed by atoms with van der Waals surface area (Å²) in [5.74, 6) is 0.222. The molecule has 1 aliphatic rings. The molecule has 0 aromatic heterocycles. The van der Waals surface area contributed by atoms with Crippen molar-refractivity contribution >= 4 is 32.2 Å². The number of amides is 1. The first-order chi connectivity index (χ1) is 6.86. The van der Waals surface area contributed by atoms with Gasteiger partial charge in [0, 0.05) is 17.9 Å². The fraction of sp³-hybridized carbons (Fsp3) is 0.857. The molecule has 1 amide bonds. The number of nitrogens with one attached hydrogen (secondary N) is 1. The van der Waals surface area contributed by atoms with Gasteiger partial charge in [0.15, 0.2) is 0 Å². The largest absolute Gasteiger partial charge is 0.452 e. The van der Waals surface area contributed by atoms with Crippen LogP contribution < -0.4 is 4.72 Å². The van der Waals surface area contributed by atoms with E-state index in [0.29, 0.717) is 13.1 Å². The monoisotopic (exact) mass is 300 g/mol. The summed E-state index contributed by atoms with van der Waals surface area (Å²) < 4.78 is 30.4. The number of hydrogen-bond acceptors (Lipinski definition) is 4. The molecule has 0 bridgehead atoms. The van der Waals surface area contributed by atoms with E-state index in [0.717, 1.165) is 7.11 Å². The molecule has 0 radical (unpaired) electrons. The van der Waals surface area contributed by atoms with Crippen LogP contribution in [0, 0.1) is 5.92 Å². The van der Waals surface area contributed by atoms with E-state index < -0.39 is 16.3 Å². The lowest BCUT2D eigenvalue weighted by Gasteiger charge is -2.15. The van der Waals surface area contributed by atoms with Crippen molar-refractivity contribution in [2.75, 3.05) is 20.2 Å². The van der Waals surface area contributed by atoms with Crippen LogP contribution >= 0.6 is 15.9 Å². The van der Waals surface area contributed by atoms with E-state index in [2.05, 4.69) is 20.7 Å². The average molecular weight is 301 g/mol. The highest BCUT2D eigenvalue weighted by Gasteiger charge is 2.35. The van der Waals surface area contributed by atoms with Gasteiger partial charge in [0.05, 0.1) is 7.11 Å². The molecule has 0 aromatic carbocycles. The Labute approximate surface area is 97.3 Å². The van der Waals surface area contributed by atoms with Gasteiger partial charge in [-0.3, -0.25) is 0 Å². The highest BCUT2D eigenvalue weighted by Crippen LogP contribution is 2.24. The molecule has 1 rings (SSSR count). The molecule has 1 saturated heterocycles. The van der Waals surface area contributed by atoms with Gasteiger partial charge in [-0.15, -0.1) is 0 Å². The Hall–Kier alpha value is -0.340. The summed E-state index contributed by atoms with van der Waals surface area (Å²) in [6.07, 6.45) is -0.972. The summed E-state index contributed by atoms with van der Waals surface area (Å²) in [4.78, 5) is 10.9. The van der Waals surface area contributed by atoms with Crippen LogP contribution in [0.2, 0.25) is 0 Å². The smallest absolute Gasteiger partial charge is 0.421 e. The predicted molar refractivity (Wildman–Crippen MR) is 57.9 cm³/mol. The molecule has 0 aromatic rings.